The van der Waals surface area contributed by atoms with Gasteiger partial charge in [-0.25, -0.2) is 0 Å². The van der Waals surface area contributed by atoms with Crippen LogP contribution in [0.1, 0.15) is 0 Å². The van der Waals surface area contributed by atoms with Gasteiger partial charge in [-0.1, -0.05) is 133 Å². The summed E-state index contributed by atoms with van der Waals surface area (Å²) < 4.78 is 9.26. The number of furan rings is 1. The largest absolute Gasteiger partial charge is 0.454 e. The second-order valence-electron chi connectivity index (χ2n) is 12.5. The van der Waals surface area contributed by atoms with Crippen LogP contribution in [0, 0.1) is 0 Å². The molecule has 0 saturated carbocycles. The molecular formula is C46H29NOS. The number of thiophene rings is 1. The van der Waals surface area contributed by atoms with Gasteiger partial charge in [-0.05, 0) is 70.1 Å². The molecule has 10 aromatic rings. The molecule has 0 N–H and O–H groups in total. The summed E-state index contributed by atoms with van der Waals surface area (Å²) in [5.41, 5.74) is 9.79. The molecule has 10 rings (SSSR count). The van der Waals surface area contributed by atoms with Crippen LogP contribution in [0.5, 0.6) is 0 Å². The summed E-state index contributed by atoms with van der Waals surface area (Å²) in [5, 5.41) is 7.28. The molecule has 0 spiro atoms. The van der Waals surface area contributed by atoms with E-state index in [4.69, 9.17) is 4.42 Å². The fourth-order valence-corrected chi connectivity index (χ4v) is 8.69. The lowest BCUT2D eigenvalue weighted by atomic mass is 9.95. The van der Waals surface area contributed by atoms with Gasteiger partial charge in [0.15, 0.2) is 5.58 Å². The average Bonchev–Trinajstić information content (AvgIpc) is 3.75. The third-order valence-corrected chi connectivity index (χ3v) is 10.8. The SMILES string of the molecule is c1ccc(-c2cccc(N(c3cccc4c3oc3ccccc34)c3cccc4sc5c6ccccc6c(-c6ccccc6)cc5c34)c2)cc1. The average molecular weight is 644 g/mol. The molecule has 0 saturated heterocycles. The van der Waals surface area contributed by atoms with Crippen molar-refractivity contribution in [3.05, 3.63) is 176 Å². The summed E-state index contributed by atoms with van der Waals surface area (Å²) in [4.78, 5) is 2.41. The topological polar surface area (TPSA) is 16.4 Å². The van der Waals surface area contributed by atoms with E-state index in [9.17, 15) is 0 Å². The van der Waals surface area contributed by atoms with Crippen LogP contribution in [0.15, 0.2) is 180 Å². The van der Waals surface area contributed by atoms with Crippen LogP contribution in [0.4, 0.5) is 17.1 Å². The summed E-state index contributed by atoms with van der Waals surface area (Å²) in [6.07, 6.45) is 0. The molecule has 2 nitrogen and oxygen atoms in total. The second-order valence-corrected chi connectivity index (χ2v) is 13.5. The molecule has 0 unspecified atom stereocenters. The Morgan fingerprint density at radius 3 is 1.90 bits per heavy atom. The van der Waals surface area contributed by atoms with Gasteiger partial charge >= 0.3 is 0 Å². The van der Waals surface area contributed by atoms with E-state index in [2.05, 4.69) is 175 Å². The summed E-state index contributed by atoms with van der Waals surface area (Å²) in [5.74, 6) is 0. The van der Waals surface area contributed by atoms with Crippen LogP contribution in [0.3, 0.4) is 0 Å². The fraction of sp³-hybridized carbons (Fsp3) is 0. The quantitative estimate of drug-likeness (QED) is 0.186. The van der Waals surface area contributed by atoms with E-state index < -0.39 is 0 Å². The highest BCUT2D eigenvalue weighted by molar-refractivity contribution is 7.26. The Hall–Kier alpha value is -6.16. The third kappa shape index (κ3) is 4.47. The Morgan fingerprint density at radius 1 is 0.429 bits per heavy atom. The molecule has 0 radical (unpaired) electrons. The van der Waals surface area contributed by atoms with Gasteiger partial charge in [-0.15, -0.1) is 11.3 Å². The predicted molar refractivity (Wildman–Crippen MR) is 210 cm³/mol. The van der Waals surface area contributed by atoms with E-state index >= 15 is 0 Å². The maximum absolute atomic E-state index is 6.70. The highest BCUT2D eigenvalue weighted by Crippen LogP contribution is 2.50. The summed E-state index contributed by atoms with van der Waals surface area (Å²) >= 11 is 1.87. The fourth-order valence-electron chi connectivity index (χ4n) is 7.44. The minimum Gasteiger partial charge on any atom is -0.454 e. The molecule has 49 heavy (non-hydrogen) atoms. The zero-order valence-electron chi connectivity index (χ0n) is 26.5. The molecule has 0 bridgehead atoms. The third-order valence-electron chi connectivity index (χ3n) is 9.64. The monoisotopic (exact) mass is 643 g/mol. The first-order valence-electron chi connectivity index (χ1n) is 16.6. The lowest BCUT2D eigenvalue weighted by Crippen LogP contribution is -2.10. The van der Waals surface area contributed by atoms with Crippen LogP contribution in [0.2, 0.25) is 0 Å². The lowest BCUT2D eigenvalue weighted by molar-refractivity contribution is 0.669. The van der Waals surface area contributed by atoms with E-state index in [1.54, 1.807) is 0 Å². The number of rotatable bonds is 5. The van der Waals surface area contributed by atoms with Crippen molar-refractivity contribution in [2.24, 2.45) is 0 Å². The van der Waals surface area contributed by atoms with Crippen LogP contribution in [0.25, 0.3) is 75.1 Å². The Kier molecular flexibility index (Phi) is 6.39. The van der Waals surface area contributed by atoms with Gasteiger partial charge in [0.2, 0.25) is 0 Å². The minimum absolute atomic E-state index is 0.876. The molecule has 0 aliphatic rings. The molecule has 0 atom stereocenters. The first kappa shape index (κ1) is 27.9. The number of nitrogens with zero attached hydrogens (tertiary/aromatic N) is 1. The molecule has 8 aromatic carbocycles. The van der Waals surface area contributed by atoms with Gasteiger partial charge in [-0.2, -0.15) is 0 Å². The predicted octanol–water partition coefficient (Wildman–Crippen LogP) is 13.9. The molecule has 3 heteroatoms. The van der Waals surface area contributed by atoms with Crippen molar-refractivity contribution in [1.29, 1.82) is 0 Å². The highest BCUT2D eigenvalue weighted by Gasteiger charge is 2.24. The van der Waals surface area contributed by atoms with Crippen LogP contribution in [-0.2, 0) is 0 Å². The smallest absolute Gasteiger partial charge is 0.159 e. The standard InChI is InChI=1S/C46H29NOS/c1-3-14-30(15-4-1)32-18-11-19-33(28-32)47(41-25-12-23-36-35-21-9-10-26-42(35)48-45(36)41)40-24-13-27-43-44(40)39-29-38(31-16-5-2-6-17-31)34-20-7-8-22-37(34)46(39)49-43/h1-29H. The molecular weight excluding hydrogens is 615 g/mol. The Morgan fingerprint density at radius 2 is 1.06 bits per heavy atom. The van der Waals surface area contributed by atoms with Crippen molar-refractivity contribution in [3.8, 4) is 22.3 Å². The number of hydrogen-bond acceptors (Lipinski definition) is 3. The number of para-hydroxylation sites is 2. The minimum atomic E-state index is 0.876. The normalized spacial score (nSPS) is 11.7. The van der Waals surface area contributed by atoms with Gasteiger partial charge in [0.25, 0.3) is 0 Å². The van der Waals surface area contributed by atoms with Gasteiger partial charge < -0.3 is 9.32 Å². The molecule has 0 fully saturated rings. The maximum Gasteiger partial charge on any atom is 0.159 e. The van der Waals surface area contributed by atoms with Gasteiger partial charge in [0.05, 0.1) is 11.4 Å². The van der Waals surface area contributed by atoms with Crippen molar-refractivity contribution in [1.82, 2.24) is 0 Å². The van der Waals surface area contributed by atoms with Crippen molar-refractivity contribution >= 4 is 81.3 Å². The van der Waals surface area contributed by atoms with Crippen LogP contribution < -0.4 is 4.90 Å². The molecule has 0 aliphatic carbocycles. The summed E-state index contributed by atoms with van der Waals surface area (Å²) in [6.45, 7) is 0. The van der Waals surface area contributed by atoms with Crippen molar-refractivity contribution in [2.75, 3.05) is 4.90 Å². The number of benzene rings is 8. The lowest BCUT2D eigenvalue weighted by Gasteiger charge is -2.27. The van der Waals surface area contributed by atoms with E-state index in [0.29, 0.717) is 0 Å². The van der Waals surface area contributed by atoms with Gasteiger partial charge in [0.1, 0.15) is 5.58 Å². The maximum atomic E-state index is 6.70. The summed E-state index contributed by atoms with van der Waals surface area (Å²) in [6, 6.07) is 63.1. The van der Waals surface area contributed by atoms with Crippen LogP contribution in [-0.4, -0.2) is 0 Å². The first-order valence-corrected chi connectivity index (χ1v) is 17.4. The van der Waals surface area contributed by atoms with E-state index in [0.717, 1.165) is 39.0 Å². The van der Waals surface area contributed by atoms with Crippen molar-refractivity contribution < 1.29 is 4.42 Å². The number of fused-ring (bicyclic) bond motifs is 8. The molecule has 0 amide bonds. The zero-order valence-corrected chi connectivity index (χ0v) is 27.3. The number of anilines is 3. The first-order chi connectivity index (χ1) is 24.3. The molecule has 0 aliphatic heterocycles. The van der Waals surface area contributed by atoms with Gasteiger partial charge in [0, 0.05) is 42.0 Å². The van der Waals surface area contributed by atoms with E-state index in [1.165, 1.54) is 53.2 Å². The summed E-state index contributed by atoms with van der Waals surface area (Å²) in [7, 11) is 0. The molecule has 2 heterocycles. The van der Waals surface area contributed by atoms with E-state index in [1.807, 2.05) is 17.4 Å². The van der Waals surface area contributed by atoms with E-state index in [-0.39, 0.29) is 0 Å². The van der Waals surface area contributed by atoms with Gasteiger partial charge in [-0.3, -0.25) is 0 Å². The van der Waals surface area contributed by atoms with Crippen LogP contribution >= 0.6 is 11.3 Å². The number of hydrogen-bond donors (Lipinski definition) is 0. The van der Waals surface area contributed by atoms with Crippen molar-refractivity contribution in [3.63, 3.8) is 0 Å². The van der Waals surface area contributed by atoms with Crippen molar-refractivity contribution in [2.45, 2.75) is 0 Å². The Labute approximate surface area is 287 Å². The Bertz CT molecular complexity index is 2830. The molecule has 230 valence electrons. The second kappa shape index (κ2) is 11.2. The zero-order chi connectivity index (χ0) is 32.3. The molecule has 2 aromatic heterocycles. The Balaban J connectivity index is 1.31. The highest BCUT2D eigenvalue weighted by atomic mass is 32.1.